The molecule has 1 aliphatic heterocycles. The predicted molar refractivity (Wildman–Crippen MR) is 121 cm³/mol. The van der Waals surface area contributed by atoms with Crippen molar-refractivity contribution < 1.29 is 13.2 Å². The van der Waals surface area contributed by atoms with Gasteiger partial charge in [-0.1, -0.05) is 67.9 Å². The van der Waals surface area contributed by atoms with Crippen LogP contribution < -0.4 is 4.72 Å². The Morgan fingerprint density at radius 1 is 1.07 bits per heavy atom. The Kier molecular flexibility index (Phi) is 7.55. The quantitative estimate of drug-likeness (QED) is 0.690. The molecular weight excluding hydrogens is 420 g/mol. The molecule has 1 fully saturated rings. The number of benzene rings is 2. The molecule has 1 unspecified atom stereocenters. The van der Waals surface area contributed by atoms with Gasteiger partial charge in [-0.25, -0.2) is 13.1 Å². The maximum absolute atomic E-state index is 13.1. The molecule has 2 aromatic carbocycles. The van der Waals surface area contributed by atoms with Crippen molar-refractivity contribution in [1.29, 1.82) is 0 Å². The third-order valence-electron chi connectivity index (χ3n) is 5.59. The summed E-state index contributed by atoms with van der Waals surface area (Å²) in [5, 5.41) is 0.717. The summed E-state index contributed by atoms with van der Waals surface area (Å²) in [6, 6.07) is 16.1. The van der Waals surface area contributed by atoms with Crippen LogP contribution >= 0.6 is 11.6 Å². The summed E-state index contributed by atoms with van der Waals surface area (Å²) in [6.45, 7) is 4.98. The summed E-state index contributed by atoms with van der Waals surface area (Å²) in [5.74, 6) is -0.0324. The van der Waals surface area contributed by atoms with Crippen molar-refractivity contribution in [3.63, 3.8) is 0 Å². The fourth-order valence-corrected chi connectivity index (χ4v) is 5.47. The number of amides is 1. The molecule has 0 bridgehead atoms. The van der Waals surface area contributed by atoms with Crippen molar-refractivity contribution in [2.75, 3.05) is 13.1 Å². The summed E-state index contributed by atoms with van der Waals surface area (Å²) in [7, 11) is -3.63. The molecule has 0 aromatic heterocycles. The van der Waals surface area contributed by atoms with Crippen molar-refractivity contribution in [2.24, 2.45) is 5.92 Å². The number of hydrogen-bond acceptors (Lipinski definition) is 3. The van der Waals surface area contributed by atoms with Gasteiger partial charge in [0.1, 0.15) is 6.04 Å². The minimum absolute atomic E-state index is 0.136. The lowest BCUT2D eigenvalue weighted by Crippen LogP contribution is -2.52. The molecule has 0 saturated carbocycles. The van der Waals surface area contributed by atoms with Gasteiger partial charge >= 0.3 is 0 Å². The van der Waals surface area contributed by atoms with Crippen LogP contribution in [0.1, 0.15) is 43.7 Å². The minimum atomic E-state index is -3.63. The zero-order valence-corrected chi connectivity index (χ0v) is 19.0. The first-order valence-corrected chi connectivity index (χ1v) is 12.4. The number of carbonyl (C=O) groups excluding carboxylic acids is 1. The van der Waals surface area contributed by atoms with Gasteiger partial charge in [-0.2, -0.15) is 0 Å². The molecule has 7 heteroatoms. The summed E-state index contributed by atoms with van der Waals surface area (Å²) >= 11 is 5.97. The van der Waals surface area contributed by atoms with Gasteiger partial charge in [0.15, 0.2) is 0 Å². The summed E-state index contributed by atoms with van der Waals surface area (Å²) in [6.07, 6.45) is 1.71. The van der Waals surface area contributed by atoms with Crippen LogP contribution in [0.15, 0.2) is 54.6 Å². The molecule has 162 valence electrons. The largest absolute Gasteiger partial charge is 0.341 e. The molecule has 0 aliphatic carbocycles. The first kappa shape index (κ1) is 22.8. The second-order valence-electron chi connectivity index (χ2n) is 8.24. The highest BCUT2D eigenvalue weighted by Crippen LogP contribution is 2.29. The standard InChI is InChI=1S/C23H29ClN2O3S/c1-17(2)22(25-30(28,29)16-18-6-4-3-5-7-18)23(27)26-14-12-20(13-15-26)19-8-10-21(24)11-9-19/h3-11,17,20,22,25H,12-16H2,1-2H3. The number of halogens is 1. The molecule has 1 amide bonds. The second kappa shape index (κ2) is 9.94. The molecule has 1 aliphatic rings. The third-order valence-corrected chi connectivity index (χ3v) is 7.17. The van der Waals surface area contributed by atoms with E-state index in [4.69, 9.17) is 11.6 Å². The Hall–Kier alpha value is -1.89. The van der Waals surface area contributed by atoms with Gasteiger partial charge < -0.3 is 4.90 Å². The molecule has 1 atom stereocenters. The predicted octanol–water partition coefficient (Wildman–Crippen LogP) is 4.19. The maximum atomic E-state index is 13.1. The van der Waals surface area contributed by atoms with Gasteiger partial charge in [0.2, 0.25) is 15.9 Å². The Bertz CT molecular complexity index is 938. The van der Waals surface area contributed by atoms with Crippen LogP contribution in [0.5, 0.6) is 0 Å². The molecule has 2 aromatic rings. The molecule has 0 spiro atoms. The lowest BCUT2D eigenvalue weighted by Gasteiger charge is -2.35. The van der Waals surface area contributed by atoms with E-state index in [-0.39, 0.29) is 17.6 Å². The molecular formula is C23H29ClN2O3S. The van der Waals surface area contributed by atoms with E-state index in [9.17, 15) is 13.2 Å². The highest BCUT2D eigenvalue weighted by molar-refractivity contribution is 7.88. The van der Waals surface area contributed by atoms with Crippen LogP contribution in [0.4, 0.5) is 0 Å². The number of sulfonamides is 1. The molecule has 1 N–H and O–H groups in total. The zero-order valence-electron chi connectivity index (χ0n) is 17.4. The second-order valence-corrected chi connectivity index (χ2v) is 10.4. The molecule has 5 nitrogen and oxygen atoms in total. The molecule has 1 heterocycles. The maximum Gasteiger partial charge on any atom is 0.241 e. The smallest absolute Gasteiger partial charge is 0.241 e. The Morgan fingerprint density at radius 3 is 2.23 bits per heavy atom. The highest BCUT2D eigenvalue weighted by Gasteiger charge is 2.33. The first-order chi connectivity index (χ1) is 14.2. The molecule has 3 rings (SSSR count). The highest BCUT2D eigenvalue weighted by atomic mass is 35.5. The average Bonchev–Trinajstić information content (AvgIpc) is 2.72. The zero-order chi connectivity index (χ0) is 21.7. The summed E-state index contributed by atoms with van der Waals surface area (Å²) in [4.78, 5) is 14.9. The lowest BCUT2D eigenvalue weighted by atomic mass is 9.89. The van der Waals surface area contributed by atoms with Crippen molar-refractivity contribution in [2.45, 2.75) is 44.4 Å². The number of piperidine rings is 1. The number of likely N-dealkylation sites (tertiary alicyclic amines) is 1. The van der Waals surface area contributed by atoms with E-state index in [0.29, 0.717) is 29.6 Å². The van der Waals surface area contributed by atoms with E-state index in [0.717, 1.165) is 12.8 Å². The summed E-state index contributed by atoms with van der Waals surface area (Å²) in [5.41, 5.74) is 1.93. The van der Waals surface area contributed by atoms with Gasteiger partial charge in [-0.05, 0) is 47.9 Å². The van der Waals surface area contributed by atoms with E-state index >= 15 is 0 Å². The number of rotatable bonds is 7. The SMILES string of the molecule is CC(C)C(NS(=O)(=O)Cc1ccccc1)C(=O)N1CCC(c2ccc(Cl)cc2)CC1. The fraction of sp³-hybridized carbons (Fsp3) is 0.435. The third kappa shape index (κ3) is 6.06. The van der Waals surface area contributed by atoms with E-state index in [1.54, 1.807) is 29.2 Å². The molecule has 0 radical (unpaired) electrons. The van der Waals surface area contributed by atoms with Crippen LogP contribution in [-0.4, -0.2) is 38.4 Å². The van der Waals surface area contributed by atoms with Crippen molar-refractivity contribution in [3.8, 4) is 0 Å². The van der Waals surface area contributed by atoms with Crippen molar-refractivity contribution in [1.82, 2.24) is 9.62 Å². The number of carbonyl (C=O) groups is 1. The Balaban J connectivity index is 1.62. The van der Waals surface area contributed by atoms with Gasteiger partial charge in [0, 0.05) is 18.1 Å². The van der Waals surface area contributed by atoms with E-state index in [2.05, 4.69) is 4.72 Å². The van der Waals surface area contributed by atoms with Crippen LogP contribution in [0.3, 0.4) is 0 Å². The van der Waals surface area contributed by atoms with Crippen molar-refractivity contribution >= 4 is 27.5 Å². The van der Waals surface area contributed by atoms with Gasteiger partial charge in [0.25, 0.3) is 0 Å². The number of nitrogens with zero attached hydrogens (tertiary/aromatic N) is 1. The van der Waals surface area contributed by atoms with Crippen LogP contribution in [-0.2, 0) is 20.6 Å². The normalized spacial score (nSPS) is 16.6. The van der Waals surface area contributed by atoms with Crippen LogP contribution in [0.2, 0.25) is 5.02 Å². The van der Waals surface area contributed by atoms with Crippen LogP contribution in [0.25, 0.3) is 0 Å². The van der Waals surface area contributed by atoms with Crippen molar-refractivity contribution in [3.05, 3.63) is 70.7 Å². The van der Waals surface area contributed by atoms with Crippen LogP contribution in [0, 0.1) is 5.92 Å². The lowest BCUT2D eigenvalue weighted by molar-refractivity contribution is -0.135. The number of hydrogen-bond donors (Lipinski definition) is 1. The van der Waals surface area contributed by atoms with Gasteiger partial charge in [0.05, 0.1) is 5.75 Å². The summed E-state index contributed by atoms with van der Waals surface area (Å²) < 4.78 is 28.0. The first-order valence-electron chi connectivity index (χ1n) is 10.3. The number of nitrogens with one attached hydrogen (secondary N) is 1. The van der Waals surface area contributed by atoms with E-state index < -0.39 is 16.1 Å². The molecule has 1 saturated heterocycles. The van der Waals surface area contributed by atoms with E-state index in [1.807, 2.05) is 44.2 Å². The topological polar surface area (TPSA) is 66.5 Å². The minimum Gasteiger partial charge on any atom is -0.341 e. The monoisotopic (exact) mass is 448 g/mol. The van der Waals surface area contributed by atoms with E-state index in [1.165, 1.54) is 5.56 Å². The molecule has 30 heavy (non-hydrogen) atoms. The Labute approximate surface area is 184 Å². The average molecular weight is 449 g/mol. The Morgan fingerprint density at radius 2 is 1.67 bits per heavy atom. The van der Waals surface area contributed by atoms with Gasteiger partial charge in [-0.3, -0.25) is 4.79 Å². The van der Waals surface area contributed by atoms with Gasteiger partial charge in [-0.15, -0.1) is 0 Å². The fourth-order valence-electron chi connectivity index (χ4n) is 3.87.